The van der Waals surface area contributed by atoms with Gasteiger partial charge in [0.25, 0.3) is 0 Å². The number of anilines is 1. The SMILES string of the molecule is CC1(C)CC(O)c2cc(NCc3ccccc3)cc(F)c21.Cl. The summed E-state index contributed by atoms with van der Waals surface area (Å²) in [5.41, 5.74) is 2.92. The lowest BCUT2D eigenvalue weighted by Crippen LogP contribution is -2.14. The lowest BCUT2D eigenvalue weighted by atomic mass is 9.86. The summed E-state index contributed by atoms with van der Waals surface area (Å²) < 4.78 is 14.4. The van der Waals surface area contributed by atoms with Gasteiger partial charge in [0.1, 0.15) is 5.82 Å². The van der Waals surface area contributed by atoms with E-state index in [0.29, 0.717) is 24.2 Å². The third kappa shape index (κ3) is 3.11. The Morgan fingerprint density at radius 2 is 1.91 bits per heavy atom. The fourth-order valence-electron chi connectivity index (χ4n) is 3.20. The molecule has 1 unspecified atom stereocenters. The van der Waals surface area contributed by atoms with Gasteiger partial charge in [-0.3, -0.25) is 0 Å². The van der Waals surface area contributed by atoms with E-state index in [1.54, 1.807) is 0 Å². The van der Waals surface area contributed by atoms with Gasteiger partial charge in [0.05, 0.1) is 6.10 Å². The fourth-order valence-corrected chi connectivity index (χ4v) is 3.20. The molecule has 0 amide bonds. The Labute approximate surface area is 136 Å². The molecule has 0 aromatic heterocycles. The third-order valence-corrected chi connectivity index (χ3v) is 4.20. The molecule has 3 rings (SSSR count). The van der Waals surface area contributed by atoms with Gasteiger partial charge in [0, 0.05) is 12.2 Å². The van der Waals surface area contributed by atoms with Gasteiger partial charge in [-0.25, -0.2) is 4.39 Å². The molecule has 0 heterocycles. The van der Waals surface area contributed by atoms with Crippen molar-refractivity contribution >= 4 is 18.1 Å². The number of rotatable bonds is 3. The standard InChI is InChI=1S/C18H20FNO.ClH/c1-18(2)10-16(21)14-8-13(9-15(19)17(14)18)20-11-12-6-4-3-5-7-12;/h3-9,16,20-21H,10-11H2,1-2H3;1H. The molecule has 22 heavy (non-hydrogen) atoms. The highest BCUT2D eigenvalue weighted by molar-refractivity contribution is 5.85. The van der Waals surface area contributed by atoms with E-state index in [-0.39, 0.29) is 23.6 Å². The largest absolute Gasteiger partial charge is 0.388 e. The molecule has 2 nitrogen and oxygen atoms in total. The molecular formula is C18H21ClFNO. The van der Waals surface area contributed by atoms with Gasteiger partial charge in [-0.05, 0) is 40.7 Å². The number of hydrogen-bond donors (Lipinski definition) is 2. The Balaban J connectivity index is 0.00000176. The summed E-state index contributed by atoms with van der Waals surface area (Å²) in [6.45, 7) is 4.59. The Kier molecular flexibility index (Phi) is 4.78. The van der Waals surface area contributed by atoms with Crippen LogP contribution < -0.4 is 5.32 Å². The van der Waals surface area contributed by atoms with Crippen molar-refractivity contribution < 1.29 is 9.50 Å². The second-order valence-electron chi connectivity index (χ2n) is 6.37. The summed E-state index contributed by atoms with van der Waals surface area (Å²) in [6, 6.07) is 13.4. The van der Waals surface area contributed by atoms with E-state index in [9.17, 15) is 9.50 Å². The first-order valence-electron chi connectivity index (χ1n) is 7.27. The van der Waals surface area contributed by atoms with Gasteiger partial charge >= 0.3 is 0 Å². The number of fused-ring (bicyclic) bond motifs is 1. The van der Waals surface area contributed by atoms with E-state index in [1.165, 1.54) is 6.07 Å². The molecule has 1 aliphatic carbocycles. The lowest BCUT2D eigenvalue weighted by molar-refractivity contribution is 0.161. The summed E-state index contributed by atoms with van der Waals surface area (Å²) >= 11 is 0. The highest BCUT2D eigenvalue weighted by Gasteiger charge is 2.38. The quantitative estimate of drug-likeness (QED) is 0.867. The van der Waals surface area contributed by atoms with Gasteiger partial charge in [0.15, 0.2) is 0 Å². The fraction of sp³-hybridized carbons (Fsp3) is 0.333. The van der Waals surface area contributed by atoms with Gasteiger partial charge in [0.2, 0.25) is 0 Å². The maximum absolute atomic E-state index is 14.4. The summed E-state index contributed by atoms with van der Waals surface area (Å²) in [5.74, 6) is -0.232. The van der Waals surface area contributed by atoms with Crippen LogP contribution in [0.15, 0.2) is 42.5 Å². The zero-order chi connectivity index (χ0) is 15.0. The van der Waals surface area contributed by atoms with Crippen molar-refractivity contribution in [3.8, 4) is 0 Å². The first kappa shape index (κ1) is 16.8. The van der Waals surface area contributed by atoms with E-state index in [1.807, 2.05) is 50.2 Å². The van der Waals surface area contributed by atoms with Crippen molar-refractivity contribution in [1.82, 2.24) is 0 Å². The highest BCUT2D eigenvalue weighted by Crippen LogP contribution is 2.46. The van der Waals surface area contributed by atoms with E-state index in [4.69, 9.17) is 0 Å². The van der Waals surface area contributed by atoms with E-state index < -0.39 is 6.10 Å². The van der Waals surface area contributed by atoms with E-state index in [2.05, 4.69) is 5.32 Å². The average molecular weight is 322 g/mol. The van der Waals surface area contributed by atoms with Crippen LogP contribution in [0.5, 0.6) is 0 Å². The number of benzene rings is 2. The number of hydrogen-bond acceptors (Lipinski definition) is 2. The van der Waals surface area contributed by atoms with Crippen molar-refractivity contribution in [2.45, 2.75) is 38.3 Å². The van der Waals surface area contributed by atoms with Gasteiger partial charge < -0.3 is 10.4 Å². The molecule has 118 valence electrons. The molecule has 0 aliphatic heterocycles. The predicted molar refractivity (Wildman–Crippen MR) is 90.0 cm³/mol. The topological polar surface area (TPSA) is 32.3 Å². The molecule has 1 atom stereocenters. The Morgan fingerprint density at radius 3 is 2.59 bits per heavy atom. The third-order valence-electron chi connectivity index (χ3n) is 4.20. The van der Waals surface area contributed by atoms with Gasteiger partial charge in [-0.2, -0.15) is 0 Å². The first-order valence-corrected chi connectivity index (χ1v) is 7.27. The van der Waals surface area contributed by atoms with Crippen LogP contribution in [0.25, 0.3) is 0 Å². The molecule has 4 heteroatoms. The zero-order valence-corrected chi connectivity index (χ0v) is 13.6. The zero-order valence-electron chi connectivity index (χ0n) is 12.8. The second kappa shape index (κ2) is 6.27. The number of aliphatic hydroxyl groups is 1. The maximum atomic E-state index is 14.4. The Morgan fingerprint density at radius 1 is 1.23 bits per heavy atom. The summed E-state index contributed by atoms with van der Waals surface area (Å²) in [7, 11) is 0. The van der Waals surface area contributed by atoms with Crippen LogP contribution in [0.3, 0.4) is 0 Å². The summed E-state index contributed by atoms with van der Waals surface area (Å²) in [4.78, 5) is 0. The smallest absolute Gasteiger partial charge is 0.129 e. The van der Waals surface area contributed by atoms with Crippen LogP contribution in [-0.2, 0) is 12.0 Å². The molecular weight excluding hydrogens is 301 g/mol. The van der Waals surface area contributed by atoms with Crippen molar-refractivity contribution in [1.29, 1.82) is 0 Å². The molecule has 0 saturated heterocycles. The monoisotopic (exact) mass is 321 g/mol. The minimum atomic E-state index is -0.581. The molecule has 0 saturated carbocycles. The molecule has 2 aromatic rings. The van der Waals surface area contributed by atoms with Crippen LogP contribution in [0.1, 0.15) is 43.1 Å². The molecule has 0 radical (unpaired) electrons. The number of nitrogens with one attached hydrogen (secondary N) is 1. The van der Waals surface area contributed by atoms with Crippen LogP contribution in [0.2, 0.25) is 0 Å². The minimum absolute atomic E-state index is 0. The Bertz CT molecular complexity index is 658. The van der Waals surface area contributed by atoms with Crippen molar-refractivity contribution in [3.63, 3.8) is 0 Å². The molecule has 0 bridgehead atoms. The van der Waals surface area contributed by atoms with Crippen LogP contribution in [0.4, 0.5) is 10.1 Å². The molecule has 2 N–H and O–H groups in total. The van der Waals surface area contributed by atoms with Crippen LogP contribution >= 0.6 is 12.4 Å². The lowest BCUT2D eigenvalue weighted by Gasteiger charge is -2.19. The average Bonchev–Trinajstić information content (AvgIpc) is 2.68. The summed E-state index contributed by atoms with van der Waals surface area (Å²) in [5, 5.41) is 13.4. The highest BCUT2D eigenvalue weighted by atomic mass is 35.5. The molecule has 0 fully saturated rings. The van der Waals surface area contributed by atoms with Crippen LogP contribution in [-0.4, -0.2) is 5.11 Å². The van der Waals surface area contributed by atoms with Gasteiger partial charge in [-0.15, -0.1) is 12.4 Å². The minimum Gasteiger partial charge on any atom is -0.388 e. The van der Waals surface area contributed by atoms with E-state index >= 15 is 0 Å². The van der Waals surface area contributed by atoms with Crippen molar-refractivity contribution in [2.24, 2.45) is 0 Å². The number of halogens is 2. The van der Waals surface area contributed by atoms with Gasteiger partial charge in [-0.1, -0.05) is 44.2 Å². The van der Waals surface area contributed by atoms with Crippen LogP contribution in [0, 0.1) is 5.82 Å². The first-order chi connectivity index (χ1) is 9.97. The normalized spacial score (nSPS) is 18.5. The molecule has 1 aliphatic rings. The van der Waals surface area contributed by atoms with Crippen molar-refractivity contribution in [2.75, 3.05) is 5.32 Å². The Hall–Kier alpha value is -1.58. The summed E-state index contributed by atoms with van der Waals surface area (Å²) in [6.07, 6.45) is -0.00975. The number of aliphatic hydroxyl groups excluding tert-OH is 1. The maximum Gasteiger partial charge on any atom is 0.129 e. The van der Waals surface area contributed by atoms with E-state index in [0.717, 1.165) is 11.1 Å². The molecule has 0 spiro atoms. The molecule has 2 aromatic carbocycles. The predicted octanol–water partition coefficient (Wildman–Crippen LogP) is 4.57. The van der Waals surface area contributed by atoms with Crippen molar-refractivity contribution in [3.05, 3.63) is 65.0 Å². The second-order valence-corrected chi connectivity index (χ2v) is 6.37.